The normalized spacial score (nSPS) is 22.0. The van der Waals surface area contributed by atoms with Crippen molar-refractivity contribution < 1.29 is 14.3 Å². The number of hydrogen-bond donors (Lipinski definition) is 0. The van der Waals surface area contributed by atoms with Crippen LogP contribution < -0.4 is 9.47 Å². The van der Waals surface area contributed by atoms with Gasteiger partial charge in [0.05, 0.1) is 7.11 Å². The summed E-state index contributed by atoms with van der Waals surface area (Å²) in [5, 5.41) is 0. The summed E-state index contributed by atoms with van der Waals surface area (Å²) in [6.07, 6.45) is 3.67. The number of ether oxygens (including phenoxy) is 2. The summed E-state index contributed by atoms with van der Waals surface area (Å²) < 4.78 is 10.9. The second kappa shape index (κ2) is 7.01. The van der Waals surface area contributed by atoms with Crippen molar-refractivity contribution in [2.45, 2.75) is 25.3 Å². The van der Waals surface area contributed by atoms with Gasteiger partial charge in [-0.2, -0.15) is 0 Å². The molecule has 5 heteroatoms. The van der Waals surface area contributed by atoms with Crippen LogP contribution in [0.2, 0.25) is 0 Å². The van der Waals surface area contributed by atoms with Crippen LogP contribution >= 0.6 is 0 Å². The van der Waals surface area contributed by atoms with Crippen molar-refractivity contribution >= 4 is 5.91 Å². The molecule has 1 aromatic rings. The van der Waals surface area contributed by atoms with Gasteiger partial charge in [-0.1, -0.05) is 12.1 Å². The number of para-hydroxylation sites is 2. The first-order chi connectivity index (χ1) is 10.8. The summed E-state index contributed by atoms with van der Waals surface area (Å²) in [5.74, 6) is 1.34. The number of methoxy groups -OCH3 is 1. The fourth-order valence-electron chi connectivity index (χ4n) is 3.34. The van der Waals surface area contributed by atoms with Crippen molar-refractivity contribution in [2.75, 3.05) is 39.9 Å². The van der Waals surface area contributed by atoms with Crippen molar-refractivity contribution in [1.29, 1.82) is 0 Å². The molecule has 0 aromatic heterocycles. The highest BCUT2D eigenvalue weighted by molar-refractivity contribution is 5.78. The van der Waals surface area contributed by atoms with Crippen LogP contribution in [0.1, 0.15) is 19.3 Å². The third-order valence-electron chi connectivity index (χ3n) is 4.59. The van der Waals surface area contributed by atoms with Gasteiger partial charge >= 0.3 is 0 Å². The fourth-order valence-corrected chi connectivity index (χ4v) is 3.34. The van der Waals surface area contributed by atoms with Crippen LogP contribution in [-0.2, 0) is 4.79 Å². The Morgan fingerprint density at radius 2 is 1.91 bits per heavy atom. The Labute approximate surface area is 131 Å². The molecule has 2 fully saturated rings. The standard InChI is InChI=1S/C17H24N2O3/c1-21-15-6-2-3-7-16(15)22-13-17(20)19-11-8-14(12-19)18-9-4-5-10-18/h2-3,6-7,14H,4-5,8-13H2,1H3. The van der Waals surface area contributed by atoms with Crippen LogP contribution in [0, 0.1) is 0 Å². The van der Waals surface area contributed by atoms with E-state index in [1.54, 1.807) is 7.11 Å². The van der Waals surface area contributed by atoms with Crippen LogP contribution in [0.3, 0.4) is 0 Å². The SMILES string of the molecule is COc1ccccc1OCC(=O)N1CCC(N2CCCC2)C1. The first-order valence-electron chi connectivity index (χ1n) is 8.05. The molecule has 0 bridgehead atoms. The topological polar surface area (TPSA) is 42.0 Å². The minimum Gasteiger partial charge on any atom is -0.493 e. The summed E-state index contributed by atoms with van der Waals surface area (Å²) in [7, 11) is 1.60. The maximum Gasteiger partial charge on any atom is 0.260 e. The van der Waals surface area contributed by atoms with Gasteiger partial charge in [-0.25, -0.2) is 0 Å². The summed E-state index contributed by atoms with van der Waals surface area (Å²) in [5.41, 5.74) is 0. The van der Waals surface area contributed by atoms with E-state index in [9.17, 15) is 4.79 Å². The molecule has 0 aliphatic carbocycles. The maximum atomic E-state index is 12.3. The molecule has 2 aliphatic rings. The van der Waals surface area contributed by atoms with Crippen molar-refractivity contribution in [3.05, 3.63) is 24.3 Å². The van der Waals surface area contributed by atoms with Gasteiger partial charge in [-0.3, -0.25) is 9.69 Å². The number of benzene rings is 1. The molecule has 22 heavy (non-hydrogen) atoms. The summed E-state index contributed by atoms with van der Waals surface area (Å²) >= 11 is 0. The molecule has 1 amide bonds. The highest BCUT2D eigenvalue weighted by atomic mass is 16.5. The molecular weight excluding hydrogens is 280 g/mol. The molecule has 2 saturated heterocycles. The number of carbonyl (C=O) groups excluding carboxylic acids is 1. The lowest BCUT2D eigenvalue weighted by atomic mass is 10.2. The summed E-state index contributed by atoms with van der Waals surface area (Å²) in [4.78, 5) is 16.8. The van der Waals surface area contributed by atoms with E-state index < -0.39 is 0 Å². The number of nitrogens with zero attached hydrogens (tertiary/aromatic N) is 2. The number of likely N-dealkylation sites (tertiary alicyclic amines) is 2. The summed E-state index contributed by atoms with van der Waals surface area (Å²) in [6.45, 7) is 4.13. The minimum atomic E-state index is 0.0626. The Morgan fingerprint density at radius 1 is 1.18 bits per heavy atom. The van der Waals surface area contributed by atoms with Crippen LogP contribution in [0.4, 0.5) is 0 Å². The van der Waals surface area contributed by atoms with Crippen molar-refractivity contribution in [2.24, 2.45) is 0 Å². The number of hydrogen-bond acceptors (Lipinski definition) is 4. The Kier molecular flexibility index (Phi) is 4.83. The molecule has 1 atom stereocenters. The average Bonchev–Trinajstić information content (AvgIpc) is 3.23. The van der Waals surface area contributed by atoms with Gasteiger partial charge in [0.2, 0.25) is 0 Å². The van der Waals surface area contributed by atoms with E-state index in [1.165, 1.54) is 25.9 Å². The second-order valence-electron chi connectivity index (χ2n) is 5.96. The van der Waals surface area contributed by atoms with Gasteiger partial charge in [0.15, 0.2) is 18.1 Å². The maximum absolute atomic E-state index is 12.3. The highest BCUT2D eigenvalue weighted by Gasteiger charge is 2.31. The first-order valence-corrected chi connectivity index (χ1v) is 8.05. The van der Waals surface area contributed by atoms with Gasteiger partial charge in [0, 0.05) is 19.1 Å². The molecule has 5 nitrogen and oxygen atoms in total. The van der Waals surface area contributed by atoms with Gasteiger partial charge < -0.3 is 14.4 Å². The molecule has 120 valence electrons. The number of amides is 1. The zero-order valence-electron chi connectivity index (χ0n) is 13.2. The third-order valence-corrected chi connectivity index (χ3v) is 4.59. The van der Waals surface area contributed by atoms with Gasteiger partial charge in [0.1, 0.15) is 0 Å². The molecule has 0 radical (unpaired) electrons. The molecule has 1 aromatic carbocycles. The summed E-state index contributed by atoms with van der Waals surface area (Å²) in [6, 6.07) is 7.95. The van der Waals surface area contributed by atoms with Crippen LogP contribution in [0.15, 0.2) is 24.3 Å². The Morgan fingerprint density at radius 3 is 2.64 bits per heavy atom. The van der Waals surface area contributed by atoms with Crippen molar-refractivity contribution in [1.82, 2.24) is 9.80 Å². The predicted octanol–water partition coefficient (Wildman–Crippen LogP) is 1.77. The lowest BCUT2D eigenvalue weighted by molar-refractivity contribution is -0.132. The fraction of sp³-hybridized carbons (Fsp3) is 0.588. The third kappa shape index (κ3) is 3.35. The molecular formula is C17H24N2O3. The quantitative estimate of drug-likeness (QED) is 0.831. The van der Waals surface area contributed by atoms with E-state index in [2.05, 4.69) is 4.90 Å². The van der Waals surface area contributed by atoms with E-state index in [1.807, 2.05) is 29.2 Å². The zero-order chi connectivity index (χ0) is 15.4. The van der Waals surface area contributed by atoms with Gasteiger partial charge in [0.25, 0.3) is 5.91 Å². The smallest absolute Gasteiger partial charge is 0.260 e. The predicted molar refractivity (Wildman–Crippen MR) is 84.3 cm³/mol. The Hall–Kier alpha value is -1.75. The average molecular weight is 304 g/mol. The highest BCUT2D eigenvalue weighted by Crippen LogP contribution is 2.26. The molecule has 1 unspecified atom stereocenters. The van der Waals surface area contributed by atoms with E-state index in [0.29, 0.717) is 17.5 Å². The number of carbonyl (C=O) groups is 1. The van der Waals surface area contributed by atoms with Gasteiger partial charge in [-0.15, -0.1) is 0 Å². The second-order valence-corrected chi connectivity index (χ2v) is 5.96. The Balaban J connectivity index is 1.50. The Bertz CT molecular complexity index is 514. The number of rotatable bonds is 5. The lowest BCUT2D eigenvalue weighted by Crippen LogP contribution is -2.38. The molecule has 2 aliphatic heterocycles. The monoisotopic (exact) mass is 304 g/mol. The molecule has 3 rings (SSSR count). The minimum absolute atomic E-state index is 0.0626. The zero-order valence-corrected chi connectivity index (χ0v) is 13.2. The lowest BCUT2D eigenvalue weighted by Gasteiger charge is -2.23. The molecule has 2 heterocycles. The van der Waals surface area contributed by atoms with Crippen molar-refractivity contribution in [3.63, 3.8) is 0 Å². The van der Waals surface area contributed by atoms with E-state index in [4.69, 9.17) is 9.47 Å². The van der Waals surface area contributed by atoms with E-state index in [-0.39, 0.29) is 12.5 Å². The first kappa shape index (κ1) is 15.2. The largest absolute Gasteiger partial charge is 0.493 e. The van der Waals surface area contributed by atoms with Crippen LogP contribution in [0.25, 0.3) is 0 Å². The van der Waals surface area contributed by atoms with E-state index >= 15 is 0 Å². The van der Waals surface area contributed by atoms with Crippen molar-refractivity contribution in [3.8, 4) is 11.5 Å². The van der Waals surface area contributed by atoms with Crippen LogP contribution in [-0.4, -0.2) is 61.6 Å². The molecule has 0 saturated carbocycles. The van der Waals surface area contributed by atoms with Gasteiger partial charge in [-0.05, 0) is 44.5 Å². The van der Waals surface area contributed by atoms with Crippen LogP contribution in [0.5, 0.6) is 11.5 Å². The molecule has 0 spiro atoms. The van der Waals surface area contributed by atoms with E-state index in [0.717, 1.165) is 19.5 Å². The molecule has 0 N–H and O–H groups in total.